The molecule has 2 atom stereocenters. The van der Waals surface area contributed by atoms with Crippen molar-refractivity contribution in [2.75, 3.05) is 13.1 Å². The van der Waals surface area contributed by atoms with Crippen LogP contribution in [0.3, 0.4) is 0 Å². The fourth-order valence-corrected chi connectivity index (χ4v) is 3.12. The maximum absolute atomic E-state index is 12.6. The third-order valence-corrected chi connectivity index (χ3v) is 3.82. The molecule has 100 valence electrons. The van der Waals surface area contributed by atoms with Crippen LogP contribution in [-0.4, -0.2) is 33.9 Å². The summed E-state index contributed by atoms with van der Waals surface area (Å²) in [5.41, 5.74) is 2.39. The van der Waals surface area contributed by atoms with E-state index in [0.717, 1.165) is 24.1 Å². The molecule has 1 N–H and O–H groups in total. The van der Waals surface area contributed by atoms with Crippen LogP contribution >= 0.6 is 0 Å². The molecule has 1 amide bonds. The van der Waals surface area contributed by atoms with Crippen LogP contribution in [-0.2, 0) is 0 Å². The quantitative estimate of drug-likeness (QED) is 0.854. The summed E-state index contributed by atoms with van der Waals surface area (Å²) in [7, 11) is 0. The summed E-state index contributed by atoms with van der Waals surface area (Å²) in [5, 5.41) is 0. The lowest BCUT2D eigenvalue weighted by atomic mass is 9.91. The molecular weight excluding hydrogens is 238 g/mol. The van der Waals surface area contributed by atoms with Gasteiger partial charge in [-0.25, -0.2) is 0 Å². The summed E-state index contributed by atoms with van der Waals surface area (Å²) in [6.45, 7) is 6.12. The molecule has 0 aromatic carbocycles. The molecule has 3 rings (SSSR count). The molecule has 3 heterocycles. The molecule has 1 aliphatic heterocycles. The maximum atomic E-state index is 12.6. The van der Waals surface area contributed by atoms with Crippen LogP contribution in [0.5, 0.6) is 0 Å². The van der Waals surface area contributed by atoms with Gasteiger partial charge < -0.3 is 9.88 Å². The van der Waals surface area contributed by atoms with E-state index in [-0.39, 0.29) is 5.91 Å². The van der Waals surface area contributed by atoms with Crippen molar-refractivity contribution < 1.29 is 4.79 Å². The molecule has 4 nitrogen and oxygen atoms in total. The number of nitrogens with one attached hydrogen (secondary N) is 1. The number of piperidine rings is 1. The Morgan fingerprint density at radius 2 is 2.11 bits per heavy atom. The van der Waals surface area contributed by atoms with Gasteiger partial charge in [0.25, 0.3) is 5.91 Å². The highest BCUT2D eigenvalue weighted by Crippen LogP contribution is 2.24. The number of nitrogens with zero attached hydrogens (tertiary/aromatic N) is 2. The van der Waals surface area contributed by atoms with E-state index in [1.165, 1.54) is 6.42 Å². The maximum Gasteiger partial charge on any atom is 0.257 e. The summed E-state index contributed by atoms with van der Waals surface area (Å²) >= 11 is 0. The molecule has 0 radical (unpaired) electrons. The van der Waals surface area contributed by atoms with Gasteiger partial charge in [0.05, 0.1) is 11.1 Å². The molecule has 0 saturated carbocycles. The van der Waals surface area contributed by atoms with Crippen molar-refractivity contribution in [1.29, 1.82) is 0 Å². The number of pyridine rings is 1. The lowest BCUT2D eigenvalue weighted by molar-refractivity contribution is 0.0625. The first-order valence-corrected chi connectivity index (χ1v) is 6.86. The third kappa shape index (κ3) is 2.23. The van der Waals surface area contributed by atoms with Crippen molar-refractivity contribution in [3.05, 3.63) is 30.1 Å². The molecule has 1 fully saturated rings. The molecule has 2 aromatic heterocycles. The van der Waals surface area contributed by atoms with Crippen molar-refractivity contribution in [2.45, 2.75) is 20.3 Å². The molecule has 1 saturated heterocycles. The predicted octanol–water partition coefficient (Wildman–Crippen LogP) is 2.68. The van der Waals surface area contributed by atoms with Crippen molar-refractivity contribution in [2.24, 2.45) is 11.8 Å². The van der Waals surface area contributed by atoms with Gasteiger partial charge in [-0.3, -0.25) is 9.78 Å². The second kappa shape index (κ2) is 4.68. The van der Waals surface area contributed by atoms with Crippen molar-refractivity contribution in [3.8, 4) is 0 Å². The fraction of sp³-hybridized carbons (Fsp3) is 0.467. The summed E-state index contributed by atoms with van der Waals surface area (Å²) < 4.78 is 0. The SMILES string of the molecule is CC1CC(C)CN(C(=O)c2c[nH]c3cccnc23)C1. The zero-order valence-electron chi connectivity index (χ0n) is 11.4. The van der Waals surface area contributed by atoms with E-state index in [9.17, 15) is 4.79 Å². The number of fused-ring (bicyclic) bond motifs is 1. The summed E-state index contributed by atoms with van der Waals surface area (Å²) in [5.74, 6) is 1.25. The molecule has 2 aromatic rings. The highest BCUT2D eigenvalue weighted by atomic mass is 16.2. The first-order valence-electron chi connectivity index (χ1n) is 6.86. The van der Waals surface area contributed by atoms with E-state index in [1.807, 2.05) is 17.0 Å². The van der Waals surface area contributed by atoms with Gasteiger partial charge in [0.1, 0.15) is 5.52 Å². The minimum Gasteiger partial charge on any atom is -0.359 e. The Morgan fingerprint density at radius 3 is 2.84 bits per heavy atom. The van der Waals surface area contributed by atoms with Crippen LogP contribution in [0.1, 0.15) is 30.6 Å². The number of carbonyl (C=O) groups is 1. The van der Waals surface area contributed by atoms with Gasteiger partial charge in [-0.15, -0.1) is 0 Å². The van der Waals surface area contributed by atoms with Gasteiger partial charge in [-0.05, 0) is 30.4 Å². The number of rotatable bonds is 1. The molecule has 1 aliphatic rings. The Bertz CT molecular complexity index is 594. The minimum atomic E-state index is 0.100. The number of hydrogen-bond donors (Lipinski definition) is 1. The second-order valence-electron chi connectivity index (χ2n) is 5.76. The number of amides is 1. The molecule has 0 aliphatic carbocycles. The number of hydrogen-bond acceptors (Lipinski definition) is 2. The van der Waals surface area contributed by atoms with E-state index >= 15 is 0 Å². The highest BCUT2D eigenvalue weighted by molar-refractivity contribution is 6.05. The normalized spacial score (nSPS) is 23.8. The Kier molecular flexibility index (Phi) is 3.01. The van der Waals surface area contributed by atoms with Gasteiger partial charge in [-0.1, -0.05) is 13.8 Å². The van der Waals surface area contributed by atoms with Gasteiger partial charge in [0.15, 0.2) is 0 Å². The Hall–Kier alpha value is -1.84. The monoisotopic (exact) mass is 257 g/mol. The van der Waals surface area contributed by atoms with Gasteiger partial charge in [0.2, 0.25) is 0 Å². The van der Waals surface area contributed by atoms with Crippen LogP contribution < -0.4 is 0 Å². The highest BCUT2D eigenvalue weighted by Gasteiger charge is 2.27. The molecule has 0 bridgehead atoms. The van der Waals surface area contributed by atoms with Crippen LogP contribution in [0.15, 0.2) is 24.5 Å². The Labute approximate surface area is 112 Å². The standard InChI is InChI=1S/C15H19N3O/c1-10-6-11(2)9-18(8-10)15(19)12-7-17-13-4-3-5-16-14(12)13/h3-5,7,10-11,17H,6,8-9H2,1-2H3. The topological polar surface area (TPSA) is 49.0 Å². The summed E-state index contributed by atoms with van der Waals surface area (Å²) in [4.78, 5) is 22.0. The number of aromatic amines is 1. The largest absolute Gasteiger partial charge is 0.359 e. The predicted molar refractivity (Wildman–Crippen MR) is 74.9 cm³/mol. The second-order valence-corrected chi connectivity index (χ2v) is 5.76. The minimum absolute atomic E-state index is 0.100. The Morgan fingerprint density at radius 1 is 1.37 bits per heavy atom. The van der Waals surface area contributed by atoms with Crippen molar-refractivity contribution >= 4 is 16.9 Å². The first-order chi connectivity index (χ1) is 9.15. The number of carbonyl (C=O) groups excluding carboxylic acids is 1. The average Bonchev–Trinajstić information content (AvgIpc) is 2.80. The lowest BCUT2D eigenvalue weighted by Gasteiger charge is -2.34. The fourth-order valence-electron chi connectivity index (χ4n) is 3.12. The summed E-state index contributed by atoms with van der Waals surface area (Å²) in [6.07, 6.45) is 4.72. The van der Waals surface area contributed by atoms with E-state index in [0.29, 0.717) is 17.4 Å². The van der Waals surface area contributed by atoms with Crippen LogP contribution in [0.4, 0.5) is 0 Å². The number of aromatic nitrogens is 2. The van der Waals surface area contributed by atoms with Gasteiger partial charge >= 0.3 is 0 Å². The van der Waals surface area contributed by atoms with Crippen LogP contribution in [0.25, 0.3) is 11.0 Å². The van der Waals surface area contributed by atoms with Crippen molar-refractivity contribution in [3.63, 3.8) is 0 Å². The summed E-state index contributed by atoms with van der Waals surface area (Å²) in [6, 6.07) is 3.82. The smallest absolute Gasteiger partial charge is 0.257 e. The number of H-pyrrole nitrogens is 1. The third-order valence-electron chi connectivity index (χ3n) is 3.82. The van der Waals surface area contributed by atoms with E-state index in [1.54, 1.807) is 12.4 Å². The zero-order valence-corrected chi connectivity index (χ0v) is 11.4. The average molecular weight is 257 g/mol. The Balaban J connectivity index is 1.91. The molecule has 2 unspecified atom stereocenters. The van der Waals surface area contributed by atoms with Gasteiger partial charge in [-0.2, -0.15) is 0 Å². The zero-order chi connectivity index (χ0) is 13.4. The van der Waals surface area contributed by atoms with E-state index < -0.39 is 0 Å². The number of likely N-dealkylation sites (tertiary alicyclic amines) is 1. The lowest BCUT2D eigenvalue weighted by Crippen LogP contribution is -2.42. The van der Waals surface area contributed by atoms with Crippen LogP contribution in [0, 0.1) is 11.8 Å². The van der Waals surface area contributed by atoms with Crippen LogP contribution in [0.2, 0.25) is 0 Å². The van der Waals surface area contributed by atoms with E-state index in [4.69, 9.17) is 0 Å². The molecular formula is C15H19N3O. The molecule has 4 heteroatoms. The molecule has 19 heavy (non-hydrogen) atoms. The van der Waals surface area contributed by atoms with E-state index in [2.05, 4.69) is 23.8 Å². The molecule has 0 spiro atoms. The van der Waals surface area contributed by atoms with Gasteiger partial charge in [0, 0.05) is 25.5 Å². The first kappa shape index (κ1) is 12.2. The van der Waals surface area contributed by atoms with Crippen molar-refractivity contribution in [1.82, 2.24) is 14.9 Å².